The smallest absolute Gasteiger partial charge is 0.335 e. The molecule has 6 N–H and O–H groups in total. The number of piperazine rings is 1. The van der Waals surface area contributed by atoms with Crippen molar-refractivity contribution in [2.75, 3.05) is 50.0 Å². The number of amides is 3. The molecule has 6 aromatic rings. The number of benzene rings is 2. The van der Waals surface area contributed by atoms with E-state index in [1.165, 1.54) is 12.1 Å². The molecule has 4 aromatic heterocycles. The maximum absolute atomic E-state index is 13.8. The Hall–Kier alpha value is -6.86. The van der Waals surface area contributed by atoms with Gasteiger partial charge in [-0.3, -0.25) is 34.4 Å². The summed E-state index contributed by atoms with van der Waals surface area (Å²) in [6.45, 7) is 13.8. The van der Waals surface area contributed by atoms with Gasteiger partial charge in [0.1, 0.15) is 22.7 Å². The highest BCUT2D eigenvalue weighted by Crippen LogP contribution is 2.32. The van der Waals surface area contributed by atoms with Crippen LogP contribution in [0.3, 0.4) is 0 Å². The van der Waals surface area contributed by atoms with Crippen molar-refractivity contribution >= 4 is 57.7 Å². The highest BCUT2D eigenvalue weighted by molar-refractivity contribution is 6.05. The zero-order chi connectivity index (χ0) is 42.5. The number of aryl methyl sites for hydroxylation is 4. The summed E-state index contributed by atoms with van der Waals surface area (Å²) < 4.78 is 13.1. The number of allylic oxidation sites excluding steroid dienone is 2. The van der Waals surface area contributed by atoms with Crippen molar-refractivity contribution in [2.45, 2.75) is 60.3 Å². The quantitative estimate of drug-likeness (QED) is 0.0655. The van der Waals surface area contributed by atoms with Crippen LogP contribution in [0.5, 0.6) is 5.75 Å². The van der Waals surface area contributed by atoms with E-state index >= 15 is 0 Å². The summed E-state index contributed by atoms with van der Waals surface area (Å²) in [6.07, 6.45) is 4.47. The van der Waals surface area contributed by atoms with Gasteiger partial charge < -0.3 is 34.9 Å². The van der Waals surface area contributed by atoms with Crippen LogP contribution < -0.4 is 26.4 Å². The van der Waals surface area contributed by atoms with Gasteiger partial charge in [-0.25, -0.2) is 14.8 Å². The molecule has 0 bridgehead atoms. The number of hydrogen-bond acceptors (Lipinski definition) is 11. The molecule has 19 heteroatoms. The number of nitrogens with one attached hydrogen (secondary N) is 3. The fourth-order valence-corrected chi connectivity index (χ4v) is 7.33. The first-order chi connectivity index (χ1) is 28.9. The number of nitrogens with zero attached hydrogens (tertiary/aromatic N) is 9. The molecule has 0 saturated carbocycles. The van der Waals surface area contributed by atoms with Gasteiger partial charge >= 0.3 is 5.97 Å². The lowest BCUT2D eigenvalue weighted by atomic mass is 10.1. The first kappa shape index (κ1) is 41.3. The molecule has 0 spiro atoms. The van der Waals surface area contributed by atoms with Crippen molar-refractivity contribution in [1.29, 1.82) is 0 Å². The summed E-state index contributed by atoms with van der Waals surface area (Å²) in [5.74, 6) is -1.78. The van der Waals surface area contributed by atoms with E-state index in [0.717, 1.165) is 39.1 Å². The average Bonchev–Trinajstić information content (AvgIpc) is 4.00. The minimum Gasteiger partial charge on any atom is -0.491 e. The van der Waals surface area contributed by atoms with Crippen molar-refractivity contribution in [3.05, 3.63) is 88.5 Å². The van der Waals surface area contributed by atoms with E-state index in [9.17, 15) is 24.3 Å². The maximum atomic E-state index is 13.8. The van der Waals surface area contributed by atoms with Crippen molar-refractivity contribution in [2.24, 2.45) is 5.73 Å². The molecule has 60 heavy (non-hydrogen) atoms. The summed E-state index contributed by atoms with van der Waals surface area (Å²) >= 11 is 0. The Morgan fingerprint density at radius 2 is 1.40 bits per heavy atom. The molecule has 7 rings (SSSR count). The Bertz CT molecular complexity index is 2610. The van der Waals surface area contributed by atoms with Crippen LogP contribution in [0.25, 0.3) is 22.1 Å². The number of anilines is 2. The van der Waals surface area contributed by atoms with E-state index in [1.807, 2.05) is 32.9 Å². The fraction of sp³-hybridized carbons (Fsp3) is 0.366. The second-order valence-electron chi connectivity index (χ2n) is 14.5. The van der Waals surface area contributed by atoms with Crippen LogP contribution in [0.4, 0.5) is 11.9 Å². The first-order valence-corrected chi connectivity index (χ1v) is 19.9. The highest BCUT2D eigenvalue weighted by Gasteiger charge is 2.23. The fourth-order valence-electron chi connectivity index (χ4n) is 7.33. The third-order valence-corrected chi connectivity index (χ3v) is 10.2. The maximum Gasteiger partial charge on any atom is 0.335 e. The molecule has 1 saturated heterocycles. The molecule has 1 fully saturated rings. The van der Waals surface area contributed by atoms with Crippen molar-refractivity contribution in [3.8, 4) is 5.75 Å². The zero-order valence-corrected chi connectivity index (χ0v) is 34.1. The molecular formula is C41H49N13O6. The molecule has 0 radical (unpaired) electrons. The Labute approximate surface area is 345 Å². The second kappa shape index (κ2) is 18.0. The summed E-state index contributed by atoms with van der Waals surface area (Å²) in [7, 11) is 0. The van der Waals surface area contributed by atoms with Gasteiger partial charge in [0.2, 0.25) is 17.8 Å². The SMILES string of the molecule is CCn1nc(C)cc1C(=O)Nc1nc2cc(C(=O)O)ccc2n1C/C=C/Cn1c(NC(=O)c2cc(C)nn2CC)nc2cc(C(N)=O)cc(OCCCN3CCNCC3)c21. The summed E-state index contributed by atoms with van der Waals surface area (Å²) in [4.78, 5) is 63.4. The van der Waals surface area contributed by atoms with Crippen LogP contribution in [-0.2, 0) is 26.2 Å². The Kier molecular flexibility index (Phi) is 12.4. The average molecular weight is 820 g/mol. The van der Waals surface area contributed by atoms with Crippen LogP contribution in [0, 0.1) is 13.8 Å². The topological polar surface area (TPSA) is 234 Å². The molecule has 0 aliphatic carbocycles. The van der Waals surface area contributed by atoms with Gasteiger partial charge in [0.15, 0.2) is 0 Å². The van der Waals surface area contributed by atoms with Crippen LogP contribution in [0.15, 0.2) is 54.6 Å². The summed E-state index contributed by atoms with van der Waals surface area (Å²) in [5.41, 5.74) is 10.0. The van der Waals surface area contributed by atoms with Gasteiger partial charge in [-0.15, -0.1) is 0 Å². The monoisotopic (exact) mass is 819 g/mol. The summed E-state index contributed by atoms with van der Waals surface area (Å²) in [5, 5.41) is 27.7. The zero-order valence-electron chi connectivity index (χ0n) is 34.1. The van der Waals surface area contributed by atoms with Gasteiger partial charge in [-0.05, 0) is 76.6 Å². The van der Waals surface area contributed by atoms with Crippen LogP contribution >= 0.6 is 0 Å². The number of ether oxygens (including phenoxy) is 1. The van der Waals surface area contributed by atoms with Gasteiger partial charge in [0, 0.05) is 64.5 Å². The minimum absolute atomic E-state index is 0.0558. The van der Waals surface area contributed by atoms with E-state index in [4.69, 9.17) is 15.5 Å². The number of carbonyl (C=O) groups excluding carboxylic acids is 3. The molecule has 1 aliphatic heterocycles. The van der Waals surface area contributed by atoms with Crippen LogP contribution in [-0.4, -0.2) is 112 Å². The summed E-state index contributed by atoms with van der Waals surface area (Å²) in [6, 6.07) is 11.2. The van der Waals surface area contributed by atoms with Crippen molar-refractivity contribution in [1.82, 2.24) is 48.9 Å². The number of carbonyl (C=O) groups is 4. The van der Waals surface area contributed by atoms with E-state index in [2.05, 4.69) is 36.0 Å². The Balaban J connectivity index is 1.22. The first-order valence-electron chi connectivity index (χ1n) is 19.9. The van der Waals surface area contributed by atoms with Crippen molar-refractivity contribution < 1.29 is 29.0 Å². The van der Waals surface area contributed by atoms with Gasteiger partial charge in [-0.2, -0.15) is 10.2 Å². The lowest BCUT2D eigenvalue weighted by Gasteiger charge is -2.27. The van der Waals surface area contributed by atoms with Crippen LogP contribution in [0.2, 0.25) is 0 Å². The molecule has 3 amide bonds. The lowest BCUT2D eigenvalue weighted by molar-refractivity contribution is 0.0696. The largest absolute Gasteiger partial charge is 0.491 e. The van der Waals surface area contributed by atoms with E-state index in [-0.39, 0.29) is 36.1 Å². The number of carboxylic acids is 1. The number of hydrogen-bond donors (Lipinski definition) is 5. The molecule has 0 unspecified atom stereocenters. The number of rotatable bonds is 17. The molecule has 5 heterocycles. The second-order valence-corrected chi connectivity index (χ2v) is 14.5. The van der Waals surface area contributed by atoms with E-state index in [0.29, 0.717) is 70.3 Å². The minimum atomic E-state index is -1.10. The number of aromatic carboxylic acids is 1. The predicted octanol–water partition coefficient (Wildman–Crippen LogP) is 3.67. The van der Waals surface area contributed by atoms with Crippen LogP contribution in [0.1, 0.15) is 73.3 Å². The molecule has 19 nitrogen and oxygen atoms in total. The molecule has 1 aliphatic rings. The molecule has 0 atom stereocenters. The normalized spacial score (nSPS) is 13.4. The molecule has 2 aromatic carbocycles. The number of carboxylic acid groups (broad SMARTS) is 1. The highest BCUT2D eigenvalue weighted by atomic mass is 16.5. The third-order valence-electron chi connectivity index (χ3n) is 10.2. The molecular weight excluding hydrogens is 771 g/mol. The Morgan fingerprint density at radius 3 is 2.00 bits per heavy atom. The molecule has 314 valence electrons. The Morgan fingerprint density at radius 1 is 0.817 bits per heavy atom. The number of nitrogens with two attached hydrogens (primary N) is 1. The standard InChI is InChI=1S/C41H49N13O6/c1-5-53-32(20-25(3)48-53)37(56)46-40-44-29-22-27(39(58)59)10-11-31(29)51(40)15-7-8-16-52-35-30(45-41(52)47-38(57)33-21-26(4)49-54(33)6-2)23-28(36(42)55)24-34(35)60-19-9-14-50-17-12-43-13-18-50/h7-8,10-11,20-24,43H,5-6,9,12-19H2,1-4H3,(H2,42,55)(H,58,59)(H,44,46,56)(H,45,47,57)/b8-7+. The van der Waals surface area contributed by atoms with Gasteiger partial charge in [0.25, 0.3) is 11.8 Å². The third kappa shape index (κ3) is 8.91. The van der Waals surface area contributed by atoms with Gasteiger partial charge in [0.05, 0.1) is 40.1 Å². The van der Waals surface area contributed by atoms with E-state index in [1.54, 1.807) is 55.8 Å². The lowest BCUT2D eigenvalue weighted by Crippen LogP contribution is -2.43. The van der Waals surface area contributed by atoms with Crippen molar-refractivity contribution in [3.63, 3.8) is 0 Å². The number of imidazole rings is 2. The van der Waals surface area contributed by atoms with E-state index < -0.39 is 23.7 Å². The number of fused-ring (bicyclic) bond motifs is 2. The number of primary amides is 1. The van der Waals surface area contributed by atoms with Gasteiger partial charge in [-0.1, -0.05) is 12.2 Å². The predicted molar refractivity (Wildman–Crippen MR) is 225 cm³/mol. The number of aromatic nitrogens is 8.